The molecule has 0 saturated heterocycles. The molecule has 0 fully saturated rings. The molecular formula is C19H23N3O2. The number of allylic oxidation sites excluding steroid dienone is 1. The molecule has 0 spiro atoms. The Kier molecular flexibility index (Phi) is 4.69. The van der Waals surface area contributed by atoms with Gasteiger partial charge >= 0.3 is 0 Å². The fraction of sp³-hybridized carbons (Fsp3) is 0.368. The molecule has 5 nitrogen and oxygen atoms in total. The number of nitrogens with zero attached hydrogens (tertiary/aromatic N) is 2. The number of ether oxygens (including phenoxy) is 1. The maximum Gasteiger partial charge on any atom is 0.286 e. The van der Waals surface area contributed by atoms with Gasteiger partial charge in [0.15, 0.2) is 5.76 Å². The zero-order valence-corrected chi connectivity index (χ0v) is 14.4. The van der Waals surface area contributed by atoms with Crippen LogP contribution in [0.15, 0.2) is 42.2 Å². The Morgan fingerprint density at radius 2 is 2.04 bits per heavy atom. The molecule has 5 heteroatoms. The van der Waals surface area contributed by atoms with Gasteiger partial charge in [-0.25, -0.2) is 4.68 Å². The van der Waals surface area contributed by atoms with Crippen molar-refractivity contribution in [3.05, 3.63) is 59.1 Å². The van der Waals surface area contributed by atoms with E-state index in [9.17, 15) is 4.79 Å². The molecule has 1 aromatic heterocycles. The van der Waals surface area contributed by atoms with Crippen molar-refractivity contribution in [1.82, 2.24) is 15.1 Å². The maximum absolute atomic E-state index is 12.2. The summed E-state index contributed by atoms with van der Waals surface area (Å²) < 4.78 is 7.33. The Balaban J connectivity index is 1.69. The molecule has 1 aliphatic heterocycles. The number of aromatic nitrogens is 2. The van der Waals surface area contributed by atoms with E-state index in [1.54, 1.807) is 0 Å². The van der Waals surface area contributed by atoms with E-state index in [-0.39, 0.29) is 11.9 Å². The molecule has 1 N–H and O–H groups in total. The van der Waals surface area contributed by atoms with E-state index < -0.39 is 0 Å². The van der Waals surface area contributed by atoms with Crippen LogP contribution in [0.2, 0.25) is 0 Å². The average Bonchev–Trinajstić information content (AvgIpc) is 2.94. The summed E-state index contributed by atoms with van der Waals surface area (Å²) in [6.07, 6.45) is 3.73. The number of hydrogen-bond donors (Lipinski definition) is 1. The Hall–Kier alpha value is -2.56. The number of aryl methyl sites for hydroxylation is 2. The van der Waals surface area contributed by atoms with Crippen molar-refractivity contribution in [3.8, 4) is 5.69 Å². The summed E-state index contributed by atoms with van der Waals surface area (Å²) in [6.45, 7) is 6.61. The number of carbonyl (C=O) groups excluding carboxylic acids is 1. The van der Waals surface area contributed by atoms with E-state index in [1.165, 1.54) is 0 Å². The van der Waals surface area contributed by atoms with Crippen LogP contribution in [-0.2, 0) is 9.53 Å². The molecule has 0 aliphatic carbocycles. The number of carbonyl (C=O) groups is 1. The molecule has 0 saturated carbocycles. The minimum atomic E-state index is -0.148. The van der Waals surface area contributed by atoms with Gasteiger partial charge in [-0.2, -0.15) is 5.10 Å². The lowest BCUT2D eigenvalue weighted by Crippen LogP contribution is -2.29. The highest BCUT2D eigenvalue weighted by molar-refractivity contribution is 5.91. The Labute approximate surface area is 142 Å². The highest BCUT2D eigenvalue weighted by Crippen LogP contribution is 2.18. The second-order valence-electron chi connectivity index (χ2n) is 6.18. The molecule has 24 heavy (non-hydrogen) atoms. The van der Waals surface area contributed by atoms with Crippen LogP contribution in [0.3, 0.4) is 0 Å². The fourth-order valence-corrected chi connectivity index (χ4v) is 2.86. The van der Waals surface area contributed by atoms with Crippen LogP contribution in [-0.4, -0.2) is 22.3 Å². The lowest BCUT2D eigenvalue weighted by atomic mass is 10.1. The normalized spacial score (nSPS) is 15.4. The van der Waals surface area contributed by atoms with E-state index in [2.05, 4.69) is 16.5 Å². The molecule has 0 unspecified atom stereocenters. The van der Waals surface area contributed by atoms with Crippen LogP contribution in [0.4, 0.5) is 0 Å². The van der Waals surface area contributed by atoms with E-state index in [1.807, 2.05) is 55.8 Å². The molecule has 1 aliphatic rings. The van der Waals surface area contributed by atoms with Crippen molar-refractivity contribution in [1.29, 1.82) is 0 Å². The van der Waals surface area contributed by atoms with Crippen molar-refractivity contribution >= 4 is 5.91 Å². The van der Waals surface area contributed by atoms with Crippen LogP contribution < -0.4 is 5.32 Å². The molecule has 1 aromatic carbocycles. The summed E-state index contributed by atoms with van der Waals surface area (Å²) in [5.41, 5.74) is 4.16. The molecular weight excluding hydrogens is 302 g/mol. The van der Waals surface area contributed by atoms with Crippen LogP contribution in [0.1, 0.15) is 42.8 Å². The summed E-state index contributed by atoms with van der Waals surface area (Å²) >= 11 is 0. The van der Waals surface area contributed by atoms with E-state index in [0.717, 1.165) is 35.5 Å². The first-order valence-corrected chi connectivity index (χ1v) is 8.32. The summed E-state index contributed by atoms with van der Waals surface area (Å²) in [5.74, 6) is 0.289. The Morgan fingerprint density at radius 1 is 1.29 bits per heavy atom. The molecule has 0 radical (unpaired) electrons. The molecule has 2 aromatic rings. The summed E-state index contributed by atoms with van der Waals surface area (Å²) in [7, 11) is 0. The SMILES string of the molecule is Cc1cc(C)n(-c2ccc([C@@H](C)NC(=O)C3=CCCCO3)cc2)n1. The minimum absolute atomic E-state index is 0.0848. The quantitative estimate of drug-likeness (QED) is 0.938. The summed E-state index contributed by atoms with van der Waals surface area (Å²) in [5, 5.41) is 7.47. The molecule has 126 valence electrons. The lowest BCUT2D eigenvalue weighted by molar-refractivity contribution is -0.121. The van der Waals surface area contributed by atoms with Gasteiger partial charge in [-0.15, -0.1) is 0 Å². The molecule has 1 amide bonds. The summed E-state index contributed by atoms with van der Waals surface area (Å²) in [6, 6.07) is 10.1. The Bertz CT molecular complexity index is 759. The predicted octanol–water partition coefficient (Wildman–Crippen LogP) is 3.36. The Morgan fingerprint density at radius 3 is 2.62 bits per heavy atom. The lowest BCUT2D eigenvalue weighted by Gasteiger charge is -2.18. The summed E-state index contributed by atoms with van der Waals surface area (Å²) in [4.78, 5) is 12.2. The number of nitrogens with one attached hydrogen (secondary N) is 1. The van der Waals surface area contributed by atoms with Gasteiger partial charge in [-0.05, 0) is 63.5 Å². The second kappa shape index (κ2) is 6.91. The first-order chi connectivity index (χ1) is 11.5. The highest BCUT2D eigenvalue weighted by atomic mass is 16.5. The molecule has 1 atom stereocenters. The minimum Gasteiger partial charge on any atom is -0.488 e. The number of hydrogen-bond acceptors (Lipinski definition) is 3. The van der Waals surface area contributed by atoms with Crippen molar-refractivity contribution in [2.24, 2.45) is 0 Å². The molecule has 2 heterocycles. The third-order valence-corrected chi connectivity index (χ3v) is 4.15. The van der Waals surface area contributed by atoms with Crippen LogP contribution >= 0.6 is 0 Å². The van der Waals surface area contributed by atoms with Crippen molar-refractivity contribution < 1.29 is 9.53 Å². The zero-order chi connectivity index (χ0) is 17.1. The third kappa shape index (κ3) is 3.50. The van der Waals surface area contributed by atoms with Gasteiger partial charge in [-0.3, -0.25) is 4.79 Å². The van der Waals surface area contributed by atoms with Gasteiger partial charge < -0.3 is 10.1 Å². The average molecular weight is 325 g/mol. The van der Waals surface area contributed by atoms with Crippen molar-refractivity contribution in [2.75, 3.05) is 6.61 Å². The van der Waals surface area contributed by atoms with Gasteiger partial charge in [0.25, 0.3) is 5.91 Å². The molecule has 3 rings (SSSR count). The second-order valence-corrected chi connectivity index (χ2v) is 6.18. The van der Waals surface area contributed by atoms with Crippen molar-refractivity contribution in [3.63, 3.8) is 0 Å². The smallest absolute Gasteiger partial charge is 0.286 e. The van der Waals surface area contributed by atoms with Gasteiger partial charge in [-0.1, -0.05) is 12.1 Å². The highest BCUT2D eigenvalue weighted by Gasteiger charge is 2.17. The van der Waals surface area contributed by atoms with Crippen molar-refractivity contribution in [2.45, 2.75) is 39.7 Å². The monoisotopic (exact) mass is 325 g/mol. The standard InChI is InChI=1S/C19H23N3O2/c1-13-12-14(2)22(21-13)17-9-7-16(8-10-17)15(3)20-19(23)18-6-4-5-11-24-18/h6-10,12,15H,4-5,11H2,1-3H3,(H,20,23)/t15-/m1/s1. The fourth-order valence-electron chi connectivity index (χ4n) is 2.86. The van der Waals surface area contributed by atoms with Gasteiger partial charge in [0, 0.05) is 5.69 Å². The van der Waals surface area contributed by atoms with Gasteiger partial charge in [0.1, 0.15) is 0 Å². The number of rotatable bonds is 4. The van der Waals surface area contributed by atoms with Crippen LogP contribution in [0.5, 0.6) is 0 Å². The van der Waals surface area contributed by atoms with Gasteiger partial charge in [0.2, 0.25) is 0 Å². The first-order valence-electron chi connectivity index (χ1n) is 8.32. The van der Waals surface area contributed by atoms with E-state index >= 15 is 0 Å². The first kappa shape index (κ1) is 16.3. The van der Waals surface area contributed by atoms with E-state index in [0.29, 0.717) is 12.4 Å². The topological polar surface area (TPSA) is 56.2 Å². The number of benzene rings is 1. The van der Waals surface area contributed by atoms with Crippen LogP contribution in [0.25, 0.3) is 5.69 Å². The van der Waals surface area contributed by atoms with E-state index in [4.69, 9.17) is 4.74 Å². The van der Waals surface area contributed by atoms with Gasteiger partial charge in [0.05, 0.1) is 24.0 Å². The largest absolute Gasteiger partial charge is 0.488 e. The maximum atomic E-state index is 12.2. The predicted molar refractivity (Wildman–Crippen MR) is 92.9 cm³/mol. The zero-order valence-electron chi connectivity index (χ0n) is 14.4. The number of amides is 1. The molecule has 0 bridgehead atoms. The van der Waals surface area contributed by atoms with Crippen LogP contribution in [0, 0.1) is 13.8 Å². The third-order valence-electron chi connectivity index (χ3n) is 4.15.